The van der Waals surface area contributed by atoms with Crippen molar-refractivity contribution in [1.82, 2.24) is 10.3 Å². The van der Waals surface area contributed by atoms with Crippen LogP contribution in [0.4, 0.5) is 5.13 Å². The molecule has 1 aliphatic rings. The molecule has 2 rings (SSSR count). The van der Waals surface area contributed by atoms with E-state index in [0.29, 0.717) is 11.7 Å². The molecule has 0 aliphatic carbocycles. The summed E-state index contributed by atoms with van der Waals surface area (Å²) in [7, 11) is 0. The normalized spacial score (nSPS) is 20.0. The minimum atomic E-state index is -0.488. The van der Waals surface area contributed by atoms with Gasteiger partial charge in [-0.1, -0.05) is 5.16 Å². The summed E-state index contributed by atoms with van der Waals surface area (Å²) in [6.45, 7) is 1.13. The predicted molar refractivity (Wildman–Crippen MR) is 66.8 cm³/mol. The van der Waals surface area contributed by atoms with Gasteiger partial charge >= 0.3 is 0 Å². The first-order valence-electron chi connectivity index (χ1n) is 5.54. The minimum absolute atomic E-state index is 0.0365. The van der Waals surface area contributed by atoms with Gasteiger partial charge in [0.05, 0.1) is 6.10 Å². The van der Waals surface area contributed by atoms with Crippen LogP contribution in [0.25, 0.3) is 0 Å². The second-order valence-corrected chi connectivity index (χ2v) is 4.75. The number of carbonyl (C=O) groups is 1. The molecule has 1 amide bonds. The molecule has 1 saturated heterocycles. The van der Waals surface area contributed by atoms with Crippen LogP contribution in [-0.4, -0.2) is 41.1 Å². The highest BCUT2D eigenvalue weighted by molar-refractivity contribution is 7.13. The topological polar surface area (TPSA) is 110 Å². The highest BCUT2D eigenvalue weighted by Gasteiger charge is 2.21. The summed E-state index contributed by atoms with van der Waals surface area (Å²) >= 11 is 1.18. The second kappa shape index (κ2) is 5.78. The summed E-state index contributed by atoms with van der Waals surface area (Å²) in [5.41, 5.74) is 5.59. The quantitative estimate of drug-likeness (QED) is 0.411. The summed E-state index contributed by atoms with van der Waals surface area (Å²) in [6, 6.07) is 0. The molecule has 1 atom stereocenters. The van der Waals surface area contributed by atoms with Gasteiger partial charge in [0.1, 0.15) is 5.69 Å². The zero-order chi connectivity index (χ0) is 13.0. The Morgan fingerprint density at radius 2 is 2.61 bits per heavy atom. The molecule has 1 aliphatic heterocycles. The monoisotopic (exact) mass is 270 g/mol. The third kappa shape index (κ3) is 2.96. The fourth-order valence-electron chi connectivity index (χ4n) is 1.70. The minimum Gasteiger partial charge on any atom is -0.410 e. The maximum Gasteiger partial charge on any atom is 0.275 e. The van der Waals surface area contributed by atoms with Crippen molar-refractivity contribution >= 4 is 28.1 Å². The molecule has 0 spiro atoms. The van der Waals surface area contributed by atoms with Crippen molar-refractivity contribution < 1.29 is 14.7 Å². The number of nitrogens with one attached hydrogen (secondary N) is 1. The number of rotatable bonds is 4. The number of oxime groups is 1. The molecule has 1 aromatic heterocycles. The van der Waals surface area contributed by atoms with Gasteiger partial charge in [-0.2, -0.15) is 0 Å². The van der Waals surface area contributed by atoms with Crippen molar-refractivity contribution in [2.75, 3.05) is 18.9 Å². The van der Waals surface area contributed by atoms with E-state index in [1.54, 1.807) is 5.38 Å². The van der Waals surface area contributed by atoms with Gasteiger partial charge in [0.15, 0.2) is 10.8 Å². The first-order valence-corrected chi connectivity index (χ1v) is 6.42. The first kappa shape index (κ1) is 12.8. The van der Waals surface area contributed by atoms with Crippen molar-refractivity contribution in [2.24, 2.45) is 5.16 Å². The van der Waals surface area contributed by atoms with Gasteiger partial charge in [0.2, 0.25) is 0 Å². The fraction of sp³-hybridized carbons (Fsp3) is 0.500. The van der Waals surface area contributed by atoms with E-state index in [1.807, 2.05) is 0 Å². The van der Waals surface area contributed by atoms with Crippen molar-refractivity contribution in [1.29, 1.82) is 0 Å². The molecule has 18 heavy (non-hydrogen) atoms. The Morgan fingerprint density at radius 3 is 3.17 bits per heavy atom. The van der Waals surface area contributed by atoms with Crippen molar-refractivity contribution in [2.45, 2.75) is 18.9 Å². The lowest BCUT2D eigenvalue weighted by molar-refractivity contribution is -0.115. The van der Waals surface area contributed by atoms with Gasteiger partial charge in [-0.15, -0.1) is 11.3 Å². The maximum atomic E-state index is 11.8. The molecule has 0 radical (unpaired) electrons. The summed E-state index contributed by atoms with van der Waals surface area (Å²) in [5.74, 6) is -0.488. The Hall–Kier alpha value is -1.67. The van der Waals surface area contributed by atoms with Crippen LogP contribution in [-0.2, 0) is 9.53 Å². The average molecular weight is 270 g/mol. The SMILES string of the molecule is Nc1nc(/C(=N\O)C(=O)NC[C@@H]2CCCO2)cs1. The van der Waals surface area contributed by atoms with Crippen LogP contribution in [0.15, 0.2) is 10.5 Å². The highest BCUT2D eigenvalue weighted by atomic mass is 32.1. The number of nitrogens with two attached hydrogens (primary N) is 1. The number of amides is 1. The number of aromatic nitrogens is 1. The van der Waals surface area contributed by atoms with Gasteiger partial charge in [0.25, 0.3) is 5.91 Å². The number of carbonyl (C=O) groups excluding carboxylic acids is 1. The molecule has 98 valence electrons. The summed E-state index contributed by atoms with van der Waals surface area (Å²) in [4.78, 5) is 15.7. The average Bonchev–Trinajstić information content (AvgIpc) is 2.99. The third-order valence-electron chi connectivity index (χ3n) is 2.59. The lowest BCUT2D eigenvalue weighted by Gasteiger charge is -2.10. The molecule has 2 heterocycles. The molecule has 0 bridgehead atoms. The zero-order valence-electron chi connectivity index (χ0n) is 9.63. The van der Waals surface area contributed by atoms with Crippen molar-refractivity contribution in [3.63, 3.8) is 0 Å². The smallest absolute Gasteiger partial charge is 0.275 e. The second-order valence-electron chi connectivity index (χ2n) is 3.86. The van der Waals surface area contributed by atoms with Crippen LogP contribution in [0.5, 0.6) is 0 Å². The van der Waals surface area contributed by atoms with E-state index < -0.39 is 5.91 Å². The number of nitrogens with zero attached hydrogens (tertiary/aromatic N) is 2. The summed E-state index contributed by atoms with van der Waals surface area (Å²) in [6.07, 6.45) is 1.97. The standard InChI is InChI=1S/C10H14N4O3S/c11-10-13-7(5-18-10)8(14-16)9(15)12-4-6-2-1-3-17-6/h5-6,16H,1-4H2,(H2,11,13)(H,12,15)/b14-8+/t6-/m0/s1. The lowest BCUT2D eigenvalue weighted by Crippen LogP contribution is -2.37. The molecule has 0 saturated carbocycles. The number of nitrogen functional groups attached to an aromatic ring is 1. The number of ether oxygens (including phenoxy) is 1. The van der Waals surface area contributed by atoms with E-state index in [4.69, 9.17) is 15.7 Å². The molecule has 1 aromatic rings. The number of hydrogen-bond acceptors (Lipinski definition) is 7. The molecular formula is C10H14N4O3S. The maximum absolute atomic E-state index is 11.8. The Bertz CT molecular complexity index is 454. The fourth-order valence-corrected chi connectivity index (χ4v) is 2.25. The zero-order valence-corrected chi connectivity index (χ0v) is 10.4. The van der Waals surface area contributed by atoms with Gasteiger partial charge in [-0.3, -0.25) is 4.79 Å². The Labute approximate surface area is 108 Å². The van der Waals surface area contributed by atoms with E-state index in [1.165, 1.54) is 11.3 Å². The molecule has 4 N–H and O–H groups in total. The summed E-state index contributed by atoms with van der Waals surface area (Å²) in [5, 5.41) is 16.4. The van der Waals surface area contributed by atoms with E-state index in [2.05, 4.69) is 15.5 Å². The van der Waals surface area contributed by atoms with Gasteiger partial charge < -0.3 is 21.0 Å². The van der Waals surface area contributed by atoms with Gasteiger partial charge in [-0.25, -0.2) is 4.98 Å². The molecule has 1 fully saturated rings. The predicted octanol–water partition coefficient (Wildman–Crippen LogP) is 0.199. The van der Waals surface area contributed by atoms with Gasteiger partial charge in [0, 0.05) is 18.5 Å². The largest absolute Gasteiger partial charge is 0.410 e. The Morgan fingerprint density at radius 1 is 1.78 bits per heavy atom. The van der Waals surface area contributed by atoms with Gasteiger partial charge in [-0.05, 0) is 12.8 Å². The third-order valence-corrected chi connectivity index (χ3v) is 3.27. The van der Waals surface area contributed by atoms with Crippen LogP contribution in [0.3, 0.4) is 0 Å². The Balaban J connectivity index is 1.93. The Kier molecular flexibility index (Phi) is 4.11. The van der Waals surface area contributed by atoms with E-state index in [0.717, 1.165) is 19.4 Å². The van der Waals surface area contributed by atoms with E-state index >= 15 is 0 Å². The van der Waals surface area contributed by atoms with E-state index in [-0.39, 0.29) is 17.5 Å². The van der Waals surface area contributed by atoms with Crippen LogP contribution >= 0.6 is 11.3 Å². The van der Waals surface area contributed by atoms with Crippen molar-refractivity contribution in [3.8, 4) is 0 Å². The molecule has 0 aromatic carbocycles. The molecule has 7 nitrogen and oxygen atoms in total. The van der Waals surface area contributed by atoms with Crippen LogP contribution in [0, 0.1) is 0 Å². The number of hydrogen-bond donors (Lipinski definition) is 3. The lowest BCUT2D eigenvalue weighted by atomic mass is 10.2. The van der Waals surface area contributed by atoms with Crippen LogP contribution in [0.2, 0.25) is 0 Å². The number of thiazole rings is 1. The van der Waals surface area contributed by atoms with Crippen LogP contribution < -0.4 is 11.1 Å². The highest BCUT2D eigenvalue weighted by Crippen LogP contribution is 2.13. The van der Waals surface area contributed by atoms with Crippen molar-refractivity contribution in [3.05, 3.63) is 11.1 Å². The molecular weight excluding hydrogens is 256 g/mol. The molecule has 0 unspecified atom stereocenters. The van der Waals surface area contributed by atoms with Crippen LogP contribution in [0.1, 0.15) is 18.5 Å². The summed E-state index contributed by atoms with van der Waals surface area (Å²) < 4.78 is 5.38. The van der Waals surface area contributed by atoms with E-state index in [9.17, 15) is 4.79 Å². The molecule has 8 heteroatoms. The number of anilines is 1. The first-order chi connectivity index (χ1) is 8.70.